The summed E-state index contributed by atoms with van der Waals surface area (Å²) >= 11 is 5.99. The third kappa shape index (κ3) is 1.50. The highest BCUT2D eigenvalue weighted by Gasteiger charge is 2.12. The highest BCUT2D eigenvalue weighted by molar-refractivity contribution is 6.32. The van der Waals surface area contributed by atoms with Crippen molar-refractivity contribution in [2.45, 2.75) is 0 Å². The van der Waals surface area contributed by atoms with Gasteiger partial charge in [-0.1, -0.05) is 11.6 Å². The number of H-pyrrole nitrogens is 1. The van der Waals surface area contributed by atoms with Gasteiger partial charge in [0.1, 0.15) is 10.8 Å². The van der Waals surface area contributed by atoms with Crippen LogP contribution in [0.3, 0.4) is 0 Å². The van der Waals surface area contributed by atoms with E-state index in [2.05, 4.69) is 9.97 Å². The van der Waals surface area contributed by atoms with Crippen LogP contribution in [0.15, 0.2) is 27.4 Å². The van der Waals surface area contributed by atoms with E-state index in [-0.39, 0.29) is 5.95 Å². The summed E-state index contributed by atoms with van der Waals surface area (Å²) in [4.78, 5) is 18.2. The van der Waals surface area contributed by atoms with Gasteiger partial charge in [-0.2, -0.15) is 0 Å². The maximum Gasteiger partial charge on any atom is 0.419 e. The first-order chi connectivity index (χ1) is 8.56. The fourth-order valence-electron chi connectivity index (χ4n) is 1.83. The zero-order valence-electron chi connectivity index (χ0n) is 9.40. The first kappa shape index (κ1) is 10.9. The molecule has 3 aromatic rings. The maximum absolute atomic E-state index is 11.4. The average molecular weight is 265 g/mol. The summed E-state index contributed by atoms with van der Waals surface area (Å²) in [5.74, 6) is -0.161. The van der Waals surface area contributed by atoms with Gasteiger partial charge >= 0.3 is 5.76 Å². The molecule has 0 amide bonds. The number of anilines is 1. The summed E-state index contributed by atoms with van der Waals surface area (Å²) in [6.45, 7) is 0. The summed E-state index contributed by atoms with van der Waals surface area (Å²) in [5.41, 5.74) is 8.04. The number of nitrogen functional groups attached to an aromatic ring is 1. The molecule has 0 spiro atoms. The van der Waals surface area contributed by atoms with Gasteiger partial charge in [-0.25, -0.2) is 9.78 Å². The molecule has 0 saturated heterocycles. The molecule has 0 saturated carbocycles. The first-order valence-corrected chi connectivity index (χ1v) is 5.55. The molecule has 2 heterocycles. The molecule has 0 atom stereocenters. The number of rotatable bonds is 1. The Morgan fingerprint density at radius 3 is 2.94 bits per heavy atom. The zero-order chi connectivity index (χ0) is 12.9. The van der Waals surface area contributed by atoms with Crippen LogP contribution in [0.25, 0.3) is 22.4 Å². The number of fused-ring (bicyclic) bond motifs is 1. The largest absolute Gasteiger partial charge is 0.419 e. The summed E-state index contributed by atoms with van der Waals surface area (Å²) in [7, 11) is 1.64. The lowest BCUT2D eigenvalue weighted by molar-refractivity contribution is 0.528. The van der Waals surface area contributed by atoms with E-state index in [0.29, 0.717) is 21.9 Å². The van der Waals surface area contributed by atoms with Gasteiger partial charge in [0.2, 0.25) is 0 Å². The van der Waals surface area contributed by atoms with Gasteiger partial charge in [0.15, 0.2) is 11.5 Å². The number of benzene rings is 1. The number of imidazole rings is 1. The Hall–Kier alpha value is -2.21. The average Bonchev–Trinajstić information content (AvgIpc) is 2.80. The van der Waals surface area contributed by atoms with Gasteiger partial charge in [0, 0.05) is 12.6 Å². The minimum atomic E-state index is -0.408. The quantitative estimate of drug-likeness (QED) is 0.701. The Labute approximate surface area is 106 Å². The number of aromatic nitrogens is 3. The summed E-state index contributed by atoms with van der Waals surface area (Å²) in [6.07, 6.45) is 0. The van der Waals surface area contributed by atoms with Crippen LogP contribution in [0.4, 0.5) is 5.95 Å². The number of aryl methyl sites for hydroxylation is 1. The van der Waals surface area contributed by atoms with Crippen LogP contribution in [-0.2, 0) is 7.05 Å². The number of hydrogen-bond donors (Lipinski definition) is 2. The first-order valence-electron chi connectivity index (χ1n) is 5.17. The highest BCUT2D eigenvalue weighted by Crippen LogP contribution is 2.28. The van der Waals surface area contributed by atoms with Crippen LogP contribution < -0.4 is 11.5 Å². The fraction of sp³-hybridized carbons (Fsp3) is 0.0909. The number of aromatic amines is 1. The van der Waals surface area contributed by atoms with Crippen molar-refractivity contribution < 1.29 is 4.42 Å². The van der Waals surface area contributed by atoms with E-state index in [1.165, 1.54) is 4.57 Å². The molecule has 0 aliphatic heterocycles. The van der Waals surface area contributed by atoms with Crippen LogP contribution in [0.5, 0.6) is 0 Å². The minimum Gasteiger partial charge on any atom is -0.408 e. The van der Waals surface area contributed by atoms with Crippen molar-refractivity contribution >= 4 is 28.6 Å². The summed E-state index contributed by atoms with van der Waals surface area (Å²) < 4.78 is 6.47. The van der Waals surface area contributed by atoms with Gasteiger partial charge in [0.25, 0.3) is 0 Å². The van der Waals surface area contributed by atoms with Crippen LogP contribution in [0, 0.1) is 0 Å². The smallest absolute Gasteiger partial charge is 0.408 e. The molecule has 0 aliphatic carbocycles. The van der Waals surface area contributed by atoms with Gasteiger partial charge in [-0.3, -0.25) is 4.57 Å². The molecule has 0 radical (unpaired) electrons. The predicted octanol–water partition coefficient (Wildman–Crippen LogP) is 1.76. The Kier molecular flexibility index (Phi) is 2.21. The van der Waals surface area contributed by atoms with E-state index in [4.69, 9.17) is 21.8 Å². The van der Waals surface area contributed by atoms with Crippen molar-refractivity contribution in [3.8, 4) is 11.3 Å². The van der Waals surface area contributed by atoms with Crippen LogP contribution >= 0.6 is 11.6 Å². The molecule has 3 N–H and O–H groups in total. The van der Waals surface area contributed by atoms with E-state index in [1.54, 1.807) is 25.2 Å². The van der Waals surface area contributed by atoms with Gasteiger partial charge in [-0.15, -0.1) is 0 Å². The van der Waals surface area contributed by atoms with Crippen molar-refractivity contribution in [2.24, 2.45) is 7.05 Å². The van der Waals surface area contributed by atoms with Crippen molar-refractivity contribution in [1.29, 1.82) is 0 Å². The molecular weight excluding hydrogens is 256 g/mol. The van der Waals surface area contributed by atoms with Crippen molar-refractivity contribution in [3.05, 3.63) is 33.9 Å². The molecule has 0 bridgehead atoms. The highest BCUT2D eigenvalue weighted by atomic mass is 35.5. The Bertz CT molecular complexity index is 799. The minimum absolute atomic E-state index is 0.246. The van der Waals surface area contributed by atoms with Crippen LogP contribution in [0.2, 0.25) is 5.15 Å². The van der Waals surface area contributed by atoms with E-state index in [0.717, 1.165) is 5.56 Å². The normalized spacial score (nSPS) is 11.2. The van der Waals surface area contributed by atoms with E-state index >= 15 is 0 Å². The van der Waals surface area contributed by atoms with E-state index < -0.39 is 5.76 Å². The molecule has 1 aromatic carbocycles. The standard InChI is InChI=1S/C11H9ClN4O2/c1-16-6-4-5(2-3-7(6)18-11(16)17)8-9(12)15-10(13)14-8/h2-4H,1H3,(H3,13,14,15). The molecule has 3 rings (SSSR count). The Morgan fingerprint density at radius 2 is 2.28 bits per heavy atom. The maximum atomic E-state index is 11.4. The number of nitrogens with zero attached hydrogens (tertiary/aromatic N) is 2. The molecule has 0 fully saturated rings. The molecule has 18 heavy (non-hydrogen) atoms. The van der Waals surface area contributed by atoms with Crippen molar-refractivity contribution in [3.63, 3.8) is 0 Å². The Morgan fingerprint density at radius 1 is 1.50 bits per heavy atom. The zero-order valence-corrected chi connectivity index (χ0v) is 10.2. The van der Waals surface area contributed by atoms with Gasteiger partial charge < -0.3 is 15.1 Å². The third-order valence-electron chi connectivity index (χ3n) is 2.74. The predicted molar refractivity (Wildman–Crippen MR) is 68.5 cm³/mol. The van der Waals surface area contributed by atoms with Crippen molar-refractivity contribution in [2.75, 3.05) is 5.73 Å². The molecule has 7 heteroatoms. The Balaban J connectivity index is 2.28. The number of oxazole rings is 1. The van der Waals surface area contributed by atoms with Gasteiger partial charge in [0.05, 0.1) is 5.52 Å². The summed E-state index contributed by atoms with van der Waals surface area (Å²) in [6, 6.07) is 5.25. The number of nitrogens with two attached hydrogens (primary N) is 1. The molecule has 0 unspecified atom stereocenters. The topological polar surface area (TPSA) is 89.8 Å². The van der Waals surface area contributed by atoms with E-state index in [1.807, 2.05) is 0 Å². The third-order valence-corrected chi connectivity index (χ3v) is 3.02. The monoisotopic (exact) mass is 264 g/mol. The lowest BCUT2D eigenvalue weighted by Gasteiger charge is -1.98. The molecule has 92 valence electrons. The molecule has 0 aliphatic rings. The number of halogens is 1. The molecule has 2 aromatic heterocycles. The lowest BCUT2D eigenvalue weighted by Crippen LogP contribution is -2.08. The number of nitrogens with one attached hydrogen (secondary N) is 1. The molecular formula is C11H9ClN4O2. The van der Waals surface area contributed by atoms with Crippen LogP contribution in [-0.4, -0.2) is 14.5 Å². The van der Waals surface area contributed by atoms with Crippen LogP contribution in [0.1, 0.15) is 0 Å². The van der Waals surface area contributed by atoms with Crippen molar-refractivity contribution in [1.82, 2.24) is 14.5 Å². The second kappa shape index (κ2) is 3.64. The lowest BCUT2D eigenvalue weighted by atomic mass is 10.1. The SMILES string of the molecule is Cn1c(=O)oc2ccc(-c3nc(N)[nH]c3Cl)cc21. The fourth-order valence-corrected chi connectivity index (χ4v) is 2.08. The van der Waals surface area contributed by atoms with E-state index in [9.17, 15) is 4.79 Å². The van der Waals surface area contributed by atoms with Gasteiger partial charge in [-0.05, 0) is 18.2 Å². The molecule has 6 nitrogen and oxygen atoms in total. The second-order valence-corrected chi connectivity index (χ2v) is 4.27. The second-order valence-electron chi connectivity index (χ2n) is 3.89. The number of hydrogen-bond acceptors (Lipinski definition) is 4. The summed E-state index contributed by atoms with van der Waals surface area (Å²) in [5, 5.41) is 0.361.